The molecule has 0 fully saturated rings. The van der Waals surface area contributed by atoms with Crippen molar-refractivity contribution in [3.8, 4) is 0 Å². The van der Waals surface area contributed by atoms with E-state index in [0.29, 0.717) is 16.7 Å². The minimum atomic E-state index is -1.12. The summed E-state index contributed by atoms with van der Waals surface area (Å²) in [5.74, 6) is -0.417. The van der Waals surface area contributed by atoms with Crippen molar-refractivity contribution >= 4 is 12.2 Å². The quantitative estimate of drug-likeness (QED) is 0.450. The summed E-state index contributed by atoms with van der Waals surface area (Å²) in [5.41, 5.74) is 0.924. The van der Waals surface area contributed by atoms with Crippen LogP contribution in [0, 0.1) is 5.41 Å². The van der Waals surface area contributed by atoms with Crippen LogP contribution in [-0.4, -0.2) is 47.3 Å². The van der Waals surface area contributed by atoms with Gasteiger partial charge in [-0.15, -0.1) is 0 Å². The Labute approximate surface area is 134 Å². The highest BCUT2D eigenvalue weighted by Gasteiger charge is 2.36. The zero-order valence-electron chi connectivity index (χ0n) is 12.9. The predicted octanol–water partition coefficient (Wildman–Crippen LogP) is 0.425. The third-order valence-corrected chi connectivity index (χ3v) is 4.25. The Hall–Kier alpha value is -2.14. The molecule has 0 spiro atoms. The van der Waals surface area contributed by atoms with Crippen LogP contribution < -0.4 is 0 Å². The SMILES string of the molecule is CC(c1cccc(CN=C=O)c1CN=C=O)C(CO)(CO)CO. The van der Waals surface area contributed by atoms with Gasteiger partial charge in [-0.05, 0) is 22.6 Å². The minimum absolute atomic E-state index is 0.0338. The smallest absolute Gasteiger partial charge is 0.235 e. The van der Waals surface area contributed by atoms with Gasteiger partial charge in [-0.25, -0.2) is 19.6 Å². The van der Waals surface area contributed by atoms with Gasteiger partial charge < -0.3 is 15.3 Å². The lowest BCUT2D eigenvalue weighted by Gasteiger charge is -2.35. The first kappa shape index (κ1) is 18.9. The van der Waals surface area contributed by atoms with E-state index in [4.69, 9.17) is 0 Å². The van der Waals surface area contributed by atoms with Crippen LogP contribution in [0.2, 0.25) is 0 Å². The lowest BCUT2D eigenvalue weighted by molar-refractivity contribution is -0.0113. The molecule has 124 valence electrons. The molecule has 0 amide bonds. The van der Waals surface area contributed by atoms with E-state index >= 15 is 0 Å². The zero-order chi connectivity index (χ0) is 17.3. The summed E-state index contributed by atoms with van der Waals surface area (Å²) in [6, 6.07) is 5.25. The second kappa shape index (κ2) is 9.10. The van der Waals surface area contributed by atoms with Crippen LogP contribution in [0.3, 0.4) is 0 Å². The summed E-state index contributed by atoms with van der Waals surface area (Å²) in [5, 5.41) is 28.8. The van der Waals surface area contributed by atoms with E-state index in [1.807, 2.05) is 0 Å². The molecule has 0 aliphatic heterocycles. The first-order chi connectivity index (χ1) is 11.1. The maximum absolute atomic E-state index is 10.5. The normalized spacial score (nSPS) is 12.2. The third kappa shape index (κ3) is 4.20. The Balaban J connectivity index is 3.43. The van der Waals surface area contributed by atoms with Crippen LogP contribution in [0.4, 0.5) is 0 Å². The largest absolute Gasteiger partial charge is 0.396 e. The first-order valence-corrected chi connectivity index (χ1v) is 7.10. The van der Waals surface area contributed by atoms with E-state index in [1.165, 1.54) is 12.2 Å². The summed E-state index contributed by atoms with van der Waals surface area (Å²) in [7, 11) is 0. The lowest BCUT2D eigenvalue weighted by Crippen LogP contribution is -2.39. The topological polar surface area (TPSA) is 120 Å². The summed E-state index contributed by atoms with van der Waals surface area (Å²) in [6.07, 6.45) is 2.92. The molecular formula is C16H20N2O5. The Kier molecular flexibility index (Phi) is 7.48. The predicted molar refractivity (Wildman–Crippen MR) is 82.2 cm³/mol. The maximum atomic E-state index is 10.5. The highest BCUT2D eigenvalue weighted by molar-refractivity contribution is 5.42. The Morgan fingerprint density at radius 2 is 1.61 bits per heavy atom. The van der Waals surface area contributed by atoms with Gasteiger partial charge in [0.2, 0.25) is 12.2 Å². The Morgan fingerprint density at radius 1 is 1.04 bits per heavy atom. The van der Waals surface area contributed by atoms with Crippen LogP contribution >= 0.6 is 0 Å². The molecule has 7 nitrogen and oxygen atoms in total. The summed E-state index contributed by atoms with van der Waals surface area (Å²) < 4.78 is 0. The van der Waals surface area contributed by atoms with Crippen LogP contribution in [0.5, 0.6) is 0 Å². The van der Waals surface area contributed by atoms with E-state index < -0.39 is 31.2 Å². The molecule has 0 aliphatic rings. The fourth-order valence-corrected chi connectivity index (χ4v) is 2.52. The number of isocyanates is 2. The number of hydrogen-bond donors (Lipinski definition) is 3. The molecule has 0 saturated carbocycles. The van der Waals surface area contributed by atoms with Gasteiger partial charge in [0.15, 0.2) is 0 Å². The van der Waals surface area contributed by atoms with Crippen molar-refractivity contribution in [1.29, 1.82) is 0 Å². The van der Waals surface area contributed by atoms with Gasteiger partial charge in [0.25, 0.3) is 0 Å². The van der Waals surface area contributed by atoms with Crippen molar-refractivity contribution in [3.63, 3.8) is 0 Å². The van der Waals surface area contributed by atoms with Crippen molar-refractivity contribution in [2.24, 2.45) is 15.4 Å². The Bertz CT molecular complexity index is 607. The molecule has 1 aromatic carbocycles. The second-order valence-electron chi connectivity index (χ2n) is 5.36. The number of benzene rings is 1. The molecule has 0 heterocycles. The van der Waals surface area contributed by atoms with Crippen LogP contribution in [0.25, 0.3) is 0 Å². The number of rotatable bonds is 9. The van der Waals surface area contributed by atoms with Crippen LogP contribution in [0.1, 0.15) is 29.5 Å². The fourth-order valence-electron chi connectivity index (χ4n) is 2.52. The number of aliphatic hydroxyl groups is 3. The summed E-state index contributed by atoms with van der Waals surface area (Å²) in [4.78, 5) is 27.9. The highest BCUT2D eigenvalue weighted by Crippen LogP contribution is 2.37. The van der Waals surface area contributed by atoms with Gasteiger partial charge in [-0.1, -0.05) is 25.1 Å². The molecule has 7 heteroatoms. The molecule has 1 unspecified atom stereocenters. The number of carbonyl (C=O) groups excluding carboxylic acids is 2. The van der Waals surface area contributed by atoms with Gasteiger partial charge in [0.05, 0.1) is 32.9 Å². The van der Waals surface area contributed by atoms with Crippen LogP contribution in [-0.2, 0) is 22.7 Å². The molecule has 0 aromatic heterocycles. The van der Waals surface area contributed by atoms with Crippen molar-refractivity contribution in [3.05, 3.63) is 34.9 Å². The van der Waals surface area contributed by atoms with E-state index in [0.717, 1.165) is 0 Å². The van der Waals surface area contributed by atoms with E-state index in [1.54, 1.807) is 25.1 Å². The van der Waals surface area contributed by atoms with Crippen molar-refractivity contribution in [2.75, 3.05) is 19.8 Å². The van der Waals surface area contributed by atoms with Gasteiger partial charge >= 0.3 is 0 Å². The summed E-state index contributed by atoms with van der Waals surface area (Å²) >= 11 is 0. The van der Waals surface area contributed by atoms with E-state index in [-0.39, 0.29) is 13.1 Å². The number of nitrogens with zero attached hydrogens (tertiary/aromatic N) is 2. The van der Waals surface area contributed by atoms with Gasteiger partial charge in [-0.3, -0.25) is 0 Å². The Morgan fingerprint density at radius 3 is 2.13 bits per heavy atom. The standard InChI is InChI=1S/C16H20N2O5/c1-12(16(7-19,8-20)9-21)14-4-2-3-13(5-17-10-22)15(14)6-18-11-23/h2-4,12,19-21H,5-9H2,1H3. The third-order valence-electron chi connectivity index (χ3n) is 4.25. The van der Waals surface area contributed by atoms with Gasteiger partial charge in [0, 0.05) is 5.41 Å². The molecular weight excluding hydrogens is 300 g/mol. The van der Waals surface area contributed by atoms with E-state index in [2.05, 4.69) is 9.98 Å². The molecule has 1 atom stereocenters. The van der Waals surface area contributed by atoms with Crippen molar-refractivity contribution < 1.29 is 24.9 Å². The average Bonchev–Trinajstić information content (AvgIpc) is 2.60. The maximum Gasteiger partial charge on any atom is 0.235 e. The highest BCUT2D eigenvalue weighted by atomic mass is 16.3. The average molecular weight is 320 g/mol. The van der Waals surface area contributed by atoms with Crippen molar-refractivity contribution in [2.45, 2.75) is 25.9 Å². The monoisotopic (exact) mass is 320 g/mol. The number of hydrogen-bond acceptors (Lipinski definition) is 7. The van der Waals surface area contributed by atoms with Gasteiger partial charge in [0.1, 0.15) is 0 Å². The molecule has 23 heavy (non-hydrogen) atoms. The number of aliphatic imine (C=N–C) groups is 2. The summed E-state index contributed by atoms with van der Waals surface area (Å²) in [6.45, 7) is 0.653. The molecule has 3 N–H and O–H groups in total. The number of aliphatic hydroxyl groups excluding tert-OH is 3. The van der Waals surface area contributed by atoms with Crippen LogP contribution in [0.15, 0.2) is 28.2 Å². The molecule has 0 saturated heterocycles. The van der Waals surface area contributed by atoms with Gasteiger partial charge in [-0.2, -0.15) is 0 Å². The minimum Gasteiger partial charge on any atom is -0.396 e. The van der Waals surface area contributed by atoms with Crippen molar-refractivity contribution in [1.82, 2.24) is 0 Å². The van der Waals surface area contributed by atoms with E-state index in [9.17, 15) is 24.9 Å². The fraction of sp³-hybridized carbons (Fsp3) is 0.500. The second-order valence-corrected chi connectivity index (χ2v) is 5.36. The zero-order valence-corrected chi connectivity index (χ0v) is 12.9. The molecule has 1 rings (SSSR count). The molecule has 1 aromatic rings. The molecule has 0 radical (unpaired) electrons. The first-order valence-electron chi connectivity index (χ1n) is 7.10. The lowest BCUT2D eigenvalue weighted by atomic mass is 9.73. The molecule has 0 bridgehead atoms. The molecule has 0 aliphatic carbocycles.